The van der Waals surface area contributed by atoms with Gasteiger partial charge in [0.15, 0.2) is 5.78 Å². The van der Waals surface area contributed by atoms with Gasteiger partial charge in [-0.15, -0.1) is 0 Å². The highest BCUT2D eigenvalue weighted by molar-refractivity contribution is 5.82. The quantitative estimate of drug-likeness (QED) is 0.801. The molecule has 2 rings (SSSR count). The number of hydrogen-bond acceptors (Lipinski definition) is 3. The molecule has 1 aromatic carbocycles. The van der Waals surface area contributed by atoms with E-state index in [1.54, 1.807) is 12.1 Å². The predicted molar refractivity (Wildman–Crippen MR) is 76.2 cm³/mol. The van der Waals surface area contributed by atoms with E-state index in [0.717, 1.165) is 38.1 Å². The van der Waals surface area contributed by atoms with Crippen LogP contribution < -0.4 is 0 Å². The molecule has 1 aliphatic rings. The summed E-state index contributed by atoms with van der Waals surface area (Å²) in [5.41, 5.74) is 0.870. The van der Waals surface area contributed by atoms with Crippen molar-refractivity contribution in [2.24, 2.45) is 0 Å². The Morgan fingerprint density at radius 3 is 2.85 bits per heavy atom. The fourth-order valence-corrected chi connectivity index (χ4v) is 2.66. The summed E-state index contributed by atoms with van der Waals surface area (Å²) in [6.45, 7) is 4.98. The minimum absolute atomic E-state index is 0.175. The van der Waals surface area contributed by atoms with E-state index in [2.05, 4.69) is 4.90 Å². The summed E-state index contributed by atoms with van der Waals surface area (Å²) in [4.78, 5) is 14.2. The second kappa shape index (κ2) is 7.50. The lowest BCUT2D eigenvalue weighted by atomic mass is 10.1. The van der Waals surface area contributed by atoms with Crippen LogP contribution in [0.15, 0.2) is 24.3 Å². The zero-order chi connectivity index (χ0) is 14.4. The molecular weight excluding hydrogens is 257 g/mol. The van der Waals surface area contributed by atoms with Crippen LogP contribution in [0.1, 0.15) is 25.3 Å². The monoisotopic (exact) mass is 279 g/mol. The van der Waals surface area contributed by atoms with Gasteiger partial charge in [0.2, 0.25) is 0 Å². The molecule has 0 amide bonds. The number of likely N-dealkylation sites (tertiary alicyclic amines) is 1. The molecule has 110 valence electrons. The Balaban J connectivity index is 1.80. The first-order valence-electron chi connectivity index (χ1n) is 7.27. The number of halogens is 1. The number of ketones is 1. The molecule has 20 heavy (non-hydrogen) atoms. The maximum Gasteiger partial charge on any atom is 0.151 e. The maximum atomic E-state index is 12.8. The van der Waals surface area contributed by atoms with Gasteiger partial charge in [-0.3, -0.25) is 9.69 Å². The first kappa shape index (κ1) is 15.1. The van der Waals surface area contributed by atoms with Crippen molar-refractivity contribution in [2.75, 3.05) is 26.2 Å². The lowest BCUT2D eigenvalue weighted by molar-refractivity contribution is -0.120. The Morgan fingerprint density at radius 2 is 2.15 bits per heavy atom. The largest absolute Gasteiger partial charge is 0.377 e. The predicted octanol–water partition coefficient (Wildman–Crippen LogP) is 2.44. The summed E-state index contributed by atoms with van der Waals surface area (Å²) in [7, 11) is 0. The molecule has 1 saturated heterocycles. The van der Waals surface area contributed by atoms with Crippen LogP contribution >= 0.6 is 0 Å². The van der Waals surface area contributed by atoms with Crippen molar-refractivity contribution in [1.82, 2.24) is 4.90 Å². The first-order chi connectivity index (χ1) is 9.67. The summed E-state index contributed by atoms with van der Waals surface area (Å²) in [6.07, 6.45) is 2.79. The Kier molecular flexibility index (Phi) is 5.68. The molecule has 0 aliphatic carbocycles. The van der Waals surface area contributed by atoms with Crippen LogP contribution in [-0.2, 0) is 16.0 Å². The number of carbonyl (C=O) groups excluding carboxylic acids is 1. The van der Waals surface area contributed by atoms with Crippen LogP contribution in [0.2, 0.25) is 0 Å². The number of Topliss-reactive ketones (excluding diaryl/α,β-unsaturated/α-hetero) is 1. The van der Waals surface area contributed by atoms with Crippen LogP contribution in [0.3, 0.4) is 0 Å². The molecule has 1 aromatic rings. The van der Waals surface area contributed by atoms with E-state index in [1.165, 1.54) is 12.1 Å². The topological polar surface area (TPSA) is 29.5 Å². The number of nitrogens with zero attached hydrogens (tertiary/aromatic N) is 1. The summed E-state index contributed by atoms with van der Waals surface area (Å²) in [6, 6.07) is 6.14. The van der Waals surface area contributed by atoms with E-state index in [4.69, 9.17) is 4.74 Å². The van der Waals surface area contributed by atoms with Crippen LogP contribution in [0.25, 0.3) is 0 Å². The van der Waals surface area contributed by atoms with Crippen molar-refractivity contribution >= 4 is 5.78 Å². The molecule has 1 fully saturated rings. The zero-order valence-corrected chi connectivity index (χ0v) is 12.0. The molecule has 0 spiro atoms. The van der Waals surface area contributed by atoms with Crippen molar-refractivity contribution < 1.29 is 13.9 Å². The highest BCUT2D eigenvalue weighted by Crippen LogP contribution is 2.13. The standard InChI is InChI=1S/C16H22FNO2/c1-2-20-16-4-3-9-18(12-16)11-15(19)10-13-5-7-14(17)8-6-13/h5-8,16H,2-4,9-12H2,1H3. The third-order valence-corrected chi connectivity index (χ3v) is 3.58. The maximum absolute atomic E-state index is 12.8. The summed E-state index contributed by atoms with van der Waals surface area (Å²) < 4.78 is 18.4. The highest BCUT2D eigenvalue weighted by atomic mass is 19.1. The first-order valence-corrected chi connectivity index (χ1v) is 7.27. The second-order valence-electron chi connectivity index (χ2n) is 5.30. The fraction of sp³-hybridized carbons (Fsp3) is 0.562. The minimum Gasteiger partial charge on any atom is -0.377 e. The molecule has 0 radical (unpaired) electrons. The van der Waals surface area contributed by atoms with Crippen molar-refractivity contribution in [1.29, 1.82) is 0 Å². The zero-order valence-electron chi connectivity index (χ0n) is 12.0. The third kappa shape index (κ3) is 4.69. The third-order valence-electron chi connectivity index (χ3n) is 3.58. The molecule has 0 aromatic heterocycles. The van der Waals surface area contributed by atoms with Gasteiger partial charge in [0.25, 0.3) is 0 Å². The Hall–Kier alpha value is -1.26. The SMILES string of the molecule is CCOC1CCCN(CC(=O)Cc2ccc(F)cc2)C1. The molecular formula is C16H22FNO2. The second-order valence-corrected chi connectivity index (χ2v) is 5.30. The molecule has 0 saturated carbocycles. The molecule has 1 unspecified atom stereocenters. The number of ether oxygens (including phenoxy) is 1. The van der Waals surface area contributed by atoms with Crippen molar-refractivity contribution in [2.45, 2.75) is 32.3 Å². The van der Waals surface area contributed by atoms with E-state index in [9.17, 15) is 9.18 Å². The van der Waals surface area contributed by atoms with Gasteiger partial charge in [-0.1, -0.05) is 12.1 Å². The highest BCUT2D eigenvalue weighted by Gasteiger charge is 2.21. The van der Waals surface area contributed by atoms with Gasteiger partial charge >= 0.3 is 0 Å². The number of rotatable bonds is 6. The van der Waals surface area contributed by atoms with E-state index >= 15 is 0 Å². The normalized spacial score (nSPS) is 20.0. The van der Waals surface area contributed by atoms with Gasteiger partial charge in [0, 0.05) is 19.6 Å². The number of hydrogen-bond donors (Lipinski definition) is 0. The molecule has 1 atom stereocenters. The molecule has 0 bridgehead atoms. The van der Waals surface area contributed by atoms with E-state index in [1.807, 2.05) is 6.92 Å². The Labute approximate surface area is 119 Å². The van der Waals surface area contributed by atoms with Crippen LogP contribution in [-0.4, -0.2) is 43.0 Å². The van der Waals surface area contributed by atoms with Crippen LogP contribution in [0.5, 0.6) is 0 Å². The Bertz CT molecular complexity index is 431. The van der Waals surface area contributed by atoms with E-state index in [-0.39, 0.29) is 17.7 Å². The van der Waals surface area contributed by atoms with Crippen molar-refractivity contribution in [3.8, 4) is 0 Å². The van der Waals surface area contributed by atoms with E-state index in [0.29, 0.717) is 13.0 Å². The lowest BCUT2D eigenvalue weighted by Crippen LogP contribution is -2.42. The number of piperidine rings is 1. The van der Waals surface area contributed by atoms with Gasteiger partial charge in [-0.05, 0) is 44.0 Å². The molecule has 4 heteroatoms. The van der Waals surface area contributed by atoms with Crippen molar-refractivity contribution in [3.05, 3.63) is 35.6 Å². The van der Waals surface area contributed by atoms with Crippen molar-refractivity contribution in [3.63, 3.8) is 0 Å². The van der Waals surface area contributed by atoms with Crippen LogP contribution in [0, 0.1) is 5.82 Å². The smallest absolute Gasteiger partial charge is 0.151 e. The summed E-state index contributed by atoms with van der Waals surface area (Å²) >= 11 is 0. The van der Waals surface area contributed by atoms with Gasteiger partial charge in [-0.2, -0.15) is 0 Å². The average Bonchev–Trinajstić information content (AvgIpc) is 2.42. The number of benzene rings is 1. The van der Waals surface area contributed by atoms with Gasteiger partial charge < -0.3 is 4.74 Å². The molecule has 1 aliphatic heterocycles. The fourth-order valence-electron chi connectivity index (χ4n) is 2.66. The lowest BCUT2D eigenvalue weighted by Gasteiger charge is -2.31. The number of carbonyl (C=O) groups is 1. The summed E-state index contributed by atoms with van der Waals surface area (Å²) in [5.74, 6) is -0.0921. The van der Waals surface area contributed by atoms with E-state index < -0.39 is 0 Å². The Morgan fingerprint density at radius 1 is 1.40 bits per heavy atom. The van der Waals surface area contributed by atoms with Gasteiger partial charge in [-0.25, -0.2) is 4.39 Å². The van der Waals surface area contributed by atoms with Gasteiger partial charge in [0.1, 0.15) is 5.82 Å². The van der Waals surface area contributed by atoms with Crippen LogP contribution in [0.4, 0.5) is 4.39 Å². The minimum atomic E-state index is -0.267. The molecule has 1 heterocycles. The molecule has 0 N–H and O–H groups in total. The average molecular weight is 279 g/mol. The van der Waals surface area contributed by atoms with Gasteiger partial charge in [0.05, 0.1) is 12.6 Å². The summed E-state index contributed by atoms with van der Waals surface area (Å²) in [5, 5.41) is 0. The molecule has 3 nitrogen and oxygen atoms in total.